The van der Waals surface area contributed by atoms with Gasteiger partial charge < -0.3 is 10.1 Å². The van der Waals surface area contributed by atoms with Crippen molar-refractivity contribution in [3.63, 3.8) is 0 Å². The summed E-state index contributed by atoms with van der Waals surface area (Å²) in [6.45, 7) is 1.06. The molecule has 0 spiro atoms. The SMILES string of the molecule is O=C(NCC(c1scnc1C(F)F)N1CCC(Oc2cccnn2)CC1)c1c(F)cccc1Cl. The first-order valence-electron chi connectivity index (χ1n) is 10.6. The Kier molecular flexibility index (Phi) is 7.96. The molecular weight excluding hydrogens is 491 g/mol. The molecule has 0 bridgehead atoms. The first-order chi connectivity index (χ1) is 16.4. The van der Waals surface area contributed by atoms with Crippen molar-refractivity contribution in [2.24, 2.45) is 0 Å². The Morgan fingerprint density at radius 2 is 2.06 bits per heavy atom. The van der Waals surface area contributed by atoms with Gasteiger partial charge in [-0.25, -0.2) is 18.2 Å². The van der Waals surface area contributed by atoms with Gasteiger partial charge in [-0.1, -0.05) is 17.7 Å². The minimum Gasteiger partial charge on any atom is -0.473 e. The topological polar surface area (TPSA) is 80.2 Å². The van der Waals surface area contributed by atoms with Gasteiger partial charge in [-0.2, -0.15) is 5.10 Å². The smallest absolute Gasteiger partial charge is 0.281 e. The van der Waals surface area contributed by atoms with E-state index in [1.807, 2.05) is 4.90 Å². The Morgan fingerprint density at radius 3 is 2.74 bits per heavy atom. The highest BCUT2D eigenvalue weighted by Crippen LogP contribution is 2.34. The fourth-order valence-electron chi connectivity index (χ4n) is 3.88. The monoisotopic (exact) mass is 511 g/mol. The van der Waals surface area contributed by atoms with E-state index in [1.54, 1.807) is 18.3 Å². The van der Waals surface area contributed by atoms with E-state index in [1.165, 1.54) is 17.6 Å². The summed E-state index contributed by atoms with van der Waals surface area (Å²) in [4.78, 5) is 18.9. The van der Waals surface area contributed by atoms with E-state index < -0.39 is 24.2 Å². The van der Waals surface area contributed by atoms with Crippen LogP contribution in [0.5, 0.6) is 5.88 Å². The van der Waals surface area contributed by atoms with Crippen LogP contribution in [0.1, 0.15) is 46.2 Å². The maximum Gasteiger partial charge on any atom is 0.281 e. The quantitative estimate of drug-likeness (QED) is 0.473. The molecule has 7 nitrogen and oxygen atoms in total. The van der Waals surface area contributed by atoms with Gasteiger partial charge in [-0.05, 0) is 31.0 Å². The number of hydrogen-bond donors (Lipinski definition) is 1. The molecule has 1 aromatic carbocycles. The molecule has 1 saturated heterocycles. The lowest BCUT2D eigenvalue weighted by Crippen LogP contribution is -2.44. The molecule has 0 saturated carbocycles. The molecule has 1 unspecified atom stereocenters. The maximum absolute atomic E-state index is 14.2. The third kappa shape index (κ3) is 5.65. The van der Waals surface area contributed by atoms with Crippen molar-refractivity contribution in [1.29, 1.82) is 0 Å². The number of alkyl halides is 2. The Hall–Kier alpha value is -2.76. The van der Waals surface area contributed by atoms with Gasteiger partial charge in [-0.3, -0.25) is 9.69 Å². The number of halogens is 4. The van der Waals surface area contributed by atoms with E-state index in [0.717, 1.165) is 17.4 Å². The number of amides is 1. The summed E-state index contributed by atoms with van der Waals surface area (Å²) < 4.78 is 47.2. The van der Waals surface area contributed by atoms with Crippen LogP contribution in [0.4, 0.5) is 13.2 Å². The van der Waals surface area contributed by atoms with Gasteiger partial charge in [0.1, 0.15) is 17.6 Å². The van der Waals surface area contributed by atoms with E-state index in [4.69, 9.17) is 16.3 Å². The van der Waals surface area contributed by atoms with Gasteiger partial charge in [0.2, 0.25) is 5.88 Å². The first kappa shape index (κ1) is 24.4. The predicted molar refractivity (Wildman–Crippen MR) is 121 cm³/mol. The number of hydrogen-bond acceptors (Lipinski definition) is 7. The molecule has 180 valence electrons. The molecule has 1 aliphatic heterocycles. The van der Waals surface area contributed by atoms with Crippen LogP contribution in [0.3, 0.4) is 0 Å². The highest BCUT2D eigenvalue weighted by atomic mass is 35.5. The molecular formula is C22H21ClF3N5O2S. The second-order valence-corrected chi connectivity index (χ2v) is 8.93. The molecule has 3 heterocycles. The molecule has 34 heavy (non-hydrogen) atoms. The van der Waals surface area contributed by atoms with Crippen molar-refractivity contribution in [2.75, 3.05) is 19.6 Å². The molecule has 12 heteroatoms. The third-order valence-corrected chi connectivity index (χ3v) is 6.79. The summed E-state index contributed by atoms with van der Waals surface area (Å²) in [5.41, 5.74) is 0.770. The number of benzene rings is 1. The lowest BCUT2D eigenvalue weighted by molar-refractivity contribution is 0.0676. The van der Waals surface area contributed by atoms with Crippen molar-refractivity contribution in [1.82, 2.24) is 25.4 Å². The average molecular weight is 512 g/mol. The molecule has 1 atom stereocenters. The zero-order valence-corrected chi connectivity index (χ0v) is 19.4. The number of nitrogens with one attached hydrogen (secondary N) is 1. The average Bonchev–Trinajstić information content (AvgIpc) is 3.31. The number of likely N-dealkylation sites (tertiary alicyclic amines) is 1. The molecule has 2 aromatic heterocycles. The summed E-state index contributed by atoms with van der Waals surface area (Å²) in [5.74, 6) is -1.04. The van der Waals surface area contributed by atoms with E-state index in [0.29, 0.717) is 36.7 Å². The highest BCUT2D eigenvalue weighted by Gasteiger charge is 2.32. The Balaban J connectivity index is 1.48. The number of carbonyl (C=O) groups excluding carboxylic acids is 1. The summed E-state index contributed by atoms with van der Waals surface area (Å²) in [7, 11) is 0. The van der Waals surface area contributed by atoms with E-state index >= 15 is 0 Å². The zero-order chi connectivity index (χ0) is 24.1. The van der Waals surface area contributed by atoms with Crippen molar-refractivity contribution in [3.8, 4) is 5.88 Å². The van der Waals surface area contributed by atoms with Gasteiger partial charge in [0.05, 0.1) is 27.0 Å². The van der Waals surface area contributed by atoms with Crippen molar-refractivity contribution in [2.45, 2.75) is 31.4 Å². The Bertz CT molecular complexity index is 1090. The number of carbonyl (C=O) groups is 1. The normalized spacial score (nSPS) is 15.9. The number of piperidine rings is 1. The van der Waals surface area contributed by atoms with Crippen molar-refractivity contribution in [3.05, 3.63) is 69.0 Å². The van der Waals surface area contributed by atoms with Gasteiger partial charge in [-0.15, -0.1) is 16.4 Å². The van der Waals surface area contributed by atoms with Crippen molar-refractivity contribution >= 4 is 28.8 Å². The van der Waals surface area contributed by atoms with Crippen LogP contribution < -0.4 is 10.1 Å². The number of thiazole rings is 1. The van der Waals surface area contributed by atoms with Crippen LogP contribution in [0.25, 0.3) is 0 Å². The zero-order valence-electron chi connectivity index (χ0n) is 17.8. The van der Waals surface area contributed by atoms with Gasteiger partial charge in [0.25, 0.3) is 12.3 Å². The summed E-state index contributed by atoms with van der Waals surface area (Å²) >= 11 is 7.10. The summed E-state index contributed by atoms with van der Waals surface area (Å²) in [6.07, 6.45) is -0.0424. The number of aromatic nitrogens is 3. The lowest BCUT2D eigenvalue weighted by Gasteiger charge is -2.37. The van der Waals surface area contributed by atoms with E-state index in [9.17, 15) is 18.0 Å². The molecule has 0 aliphatic carbocycles. The van der Waals surface area contributed by atoms with E-state index in [-0.39, 0.29) is 28.9 Å². The van der Waals surface area contributed by atoms with Crippen LogP contribution in [-0.2, 0) is 0 Å². The molecule has 1 amide bonds. The van der Waals surface area contributed by atoms with Gasteiger partial charge >= 0.3 is 0 Å². The Labute approximate surface area is 202 Å². The van der Waals surface area contributed by atoms with Gasteiger partial charge in [0, 0.05) is 31.9 Å². The van der Waals surface area contributed by atoms with Crippen LogP contribution >= 0.6 is 22.9 Å². The Morgan fingerprint density at radius 1 is 1.26 bits per heavy atom. The van der Waals surface area contributed by atoms with E-state index in [2.05, 4.69) is 20.5 Å². The fourth-order valence-corrected chi connectivity index (χ4v) is 5.06. The first-order valence-corrected chi connectivity index (χ1v) is 11.8. The van der Waals surface area contributed by atoms with Crippen LogP contribution in [0.2, 0.25) is 5.02 Å². The second kappa shape index (κ2) is 11.1. The predicted octanol–water partition coefficient (Wildman–Crippen LogP) is 4.68. The number of rotatable bonds is 8. The minimum atomic E-state index is -2.75. The number of ether oxygens (including phenoxy) is 1. The standard InChI is InChI=1S/C22H21ClF3N5O2S/c23-14-3-1-4-15(24)18(14)22(32)27-11-16(20-19(21(25)26)28-12-34-20)31-9-6-13(7-10-31)33-17-5-2-8-29-30-17/h1-5,8,12-13,16,21H,6-7,9-11H2,(H,27,32). The highest BCUT2D eigenvalue weighted by molar-refractivity contribution is 7.09. The van der Waals surface area contributed by atoms with Crippen LogP contribution in [-0.4, -0.2) is 51.7 Å². The summed E-state index contributed by atoms with van der Waals surface area (Å²) in [6, 6.07) is 6.83. The molecule has 3 aromatic rings. The van der Waals surface area contributed by atoms with Crippen LogP contribution in [0.15, 0.2) is 42.0 Å². The van der Waals surface area contributed by atoms with Gasteiger partial charge in [0.15, 0.2) is 0 Å². The molecule has 0 radical (unpaired) electrons. The second-order valence-electron chi connectivity index (χ2n) is 7.64. The lowest BCUT2D eigenvalue weighted by atomic mass is 10.0. The minimum absolute atomic E-state index is 0.0128. The molecule has 1 N–H and O–H groups in total. The molecule has 1 aliphatic rings. The third-order valence-electron chi connectivity index (χ3n) is 5.53. The summed E-state index contributed by atoms with van der Waals surface area (Å²) in [5, 5.41) is 10.4. The molecule has 1 fully saturated rings. The largest absolute Gasteiger partial charge is 0.473 e. The van der Waals surface area contributed by atoms with Crippen LogP contribution in [0, 0.1) is 5.82 Å². The maximum atomic E-state index is 14.2. The molecule has 4 rings (SSSR count). The number of nitrogens with zero attached hydrogens (tertiary/aromatic N) is 4. The fraction of sp³-hybridized carbons (Fsp3) is 0.364. The van der Waals surface area contributed by atoms with Crippen molar-refractivity contribution < 1.29 is 22.7 Å².